The molecule has 0 aliphatic heterocycles. The molecular weight excluding hydrogens is 318 g/mol. The molecule has 0 fully saturated rings. The van der Waals surface area contributed by atoms with Crippen LogP contribution >= 0.6 is 0 Å². The zero-order valence-electron chi connectivity index (χ0n) is 15.0. The Kier molecular flexibility index (Phi) is 7.14. The molecule has 0 saturated carbocycles. The van der Waals surface area contributed by atoms with Crippen molar-refractivity contribution in [3.05, 3.63) is 53.6 Å². The first-order valence-electron chi connectivity index (χ1n) is 8.35. The fourth-order valence-electron chi connectivity index (χ4n) is 2.35. The highest BCUT2D eigenvalue weighted by atomic mass is 16.5. The molecule has 1 amide bonds. The van der Waals surface area contributed by atoms with Crippen molar-refractivity contribution >= 4 is 5.91 Å². The van der Waals surface area contributed by atoms with Crippen LogP contribution in [0.3, 0.4) is 0 Å². The number of carbonyl (C=O) groups excluding carboxylic acids is 1. The van der Waals surface area contributed by atoms with Gasteiger partial charge in [-0.15, -0.1) is 0 Å². The van der Waals surface area contributed by atoms with Crippen molar-refractivity contribution in [3.8, 4) is 17.2 Å². The summed E-state index contributed by atoms with van der Waals surface area (Å²) >= 11 is 0. The van der Waals surface area contributed by atoms with Crippen molar-refractivity contribution in [1.82, 2.24) is 5.32 Å². The van der Waals surface area contributed by atoms with Crippen molar-refractivity contribution in [3.63, 3.8) is 0 Å². The molecule has 25 heavy (non-hydrogen) atoms. The van der Waals surface area contributed by atoms with Crippen LogP contribution in [0.4, 0.5) is 0 Å². The fourth-order valence-corrected chi connectivity index (χ4v) is 2.35. The van der Waals surface area contributed by atoms with E-state index in [0.717, 1.165) is 29.0 Å². The molecule has 5 heteroatoms. The van der Waals surface area contributed by atoms with Gasteiger partial charge in [-0.2, -0.15) is 0 Å². The summed E-state index contributed by atoms with van der Waals surface area (Å²) in [6, 6.07) is 13.2. The average molecular weight is 343 g/mol. The van der Waals surface area contributed by atoms with Crippen LogP contribution in [0.5, 0.6) is 17.2 Å². The molecule has 2 aromatic carbocycles. The van der Waals surface area contributed by atoms with Crippen LogP contribution in [0.25, 0.3) is 0 Å². The van der Waals surface area contributed by atoms with E-state index in [1.54, 1.807) is 14.2 Å². The Morgan fingerprint density at radius 1 is 0.960 bits per heavy atom. The third kappa shape index (κ3) is 5.71. The number of nitrogens with one attached hydrogen (secondary N) is 1. The lowest BCUT2D eigenvalue weighted by Gasteiger charge is -2.12. The molecule has 0 aliphatic carbocycles. The number of methoxy groups -OCH3 is 2. The molecule has 134 valence electrons. The second-order valence-corrected chi connectivity index (χ2v) is 5.64. The molecule has 0 spiro atoms. The Labute approximate surface area is 148 Å². The predicted octanol–water partition coefficient (Wildman–Crippen LogP) is 3.35. The highest BCUT2D eigenvalue weighted by Gasteiger charge is 2.08. The molecule has 1 N–H and O–H groups in total. The molecule has 0 atom stereocenters. The average Bonchev–Trinajstić information content (AvgIpc) is 2.65. The fraction of sp³-hybridized carbons (Fsp3) is 0.350. The van der Waals surface area contributed by atoms with Crippen LogP contribution in [0.1, 0.15) is 24.5 Å². The maximum absolute atomic E-state index is 12.1. The van der Waals surface area contributed by atoms with Gasteiger partial charge in [-0.05, 0) is 41.8 Å². The molecule has 0 aliphatic rings. The standard InChI is InChI=1S/C20H25NO4/c1-4-11-25-18-10-7-16(12-19(18)24-3)14-21-20(22)13-15-5-8-17(23-2)9-6-15/h5-10,12H,4,11,13-14H2,1-3H3,(H,21,22). The van der Waals surface area contributed by atoms with Crippen molar-refractivity contribution in [2.45, 2.75) is 26.3 Å². The van der Waals surface area contributed by atoms with Crippen LogP contribution in [0.2, 0.25) is 0 Å². The van der Waals surface area contributed by atoms with E-state index in [2.05, 4.69) is 12.2 Å². The van der Waals surface area contributed by atoms with Gasteiger partial charge in [-0.3, -0.25) is 4.79 Å². The molecule has 0 heterocycles. The van der Waals surface area contributed by atoms with Crippen LogP contribution in [-0.4, -0.2) is 26.7 Å². The second kappa shape index (κ2) is 9.57. The lowest BCUT2D eigenvalue weighted by atomic mass is 10.1. The van der Waals surface area contributed by atoms with E-state index in [4.69, 9.17) is 14.2 Å². The normalized spacial score (nSPS) is 10.2. The Hall–Kier alpha value is -2.69. The van der Waals surface area contributed by atoms with Gasteiger partial charge in [0.25, 0.3) is 0 Å². The smallest absolute Gasteiger partial charge is 0.224 e. The van der Waals surface area contributed by atoms with Gasteiger partial charge in [-0.25, -0.2) is 0 Å². The molecule has 2 rings (SSSR count). The predicted molar refractivity (Wildman–Crippen MR) is 97.3 cm³/mol. The number of amides is 1. The number of benzene rings is 2. The SMILES string of the molecule is CCCOc1ccc(CNC(=O)Cc2ccc(OC)cc2)cc1OC. The summed E-state index contributed by atoms with van der Waals surface area (Å²) in [7, 11) is 3.23. The van der Waals surface area contributed by atoms with Gasteiger partial charge in [0, 0.05) is 6.54 Å². The van der Waals surface area contributed by atoms with Crippen molar-refractivity contribution in [1.29, 1.82) is 0 Å². The van der Waals surface area contributed by atoms with Gasteiger partial charge in [0.1, 0.15) is 5.75 Å². The van der Waals surface area contributed by atoms with Crippen molar-refractivity contribution in [2.75, 3.05) is 20.8 Å². The van der Waals surface area contributed by atoms with Gasteiger partial charge < -0.3 is 19.5 Å². The van der Waals surface area contributed by atoms with Crippen LogP contribution in [0.15, 0.2) is 42.5 Å². The highest BCUT2D eigenvalue weighted by Crippen LogP contribution is 2.28. The quantitative estimate of drug-likeness (QED) is 0.759. The number of ether oxygens (including phenoxy) is 3. The lowest BCUT2D eigenvalue weighted by molar-refractivity contribution is -0.120. The van der Waals surface area contributed by atoms with E-state index in [-0.39, 0.29) is 5.91 Å². The maximum Gasteiger partial charge on any atom is 0.224 e. The minimum Gasteiger partial charge on any atom is -0.497 e. The summed E-state index contributed by atoms with van der Waals surface area (Å²) in [6.07, 6.45) is 1.27. The second-order valence-electron chi connectivity index (χ2n) is 5.64. The zero-order valence-corrected chi connectivity index (χ0v) is 15.0. The van der Waals surface area contributed by atoms with Gasteiger partial charge in [-0.1, -0.05) is 25.1 Å². The number of carbonyl (C=O) groups is 1. The molecule has 0 unspecified atom stereocenters. The van der Waals surface area contributed by atoms with E-state index < -0.39 is 0 Å². The van der Waals surface area contributed by atoms with Gasteiger partial charge >= 0.3 is 0 Å². The summed E-state index contributed by atoms with van der Waals surface area (Å²) in [6.45, 7) is 3.15. The van der Waals surface area contributed by atoms with Crippen molar-refractivity contribution < 1.29 is 19.0 Å². The highest BCUT2D eigenvalue weighted by molar-refractivity contribution is 5.78. The van der Waals surface area contributed by atoms with Crippen LogP contribution < -0.4 is 19.5 Å². The van der Waals surface area contributed by atoms with E-state index in [0.29, 0.717) is 25.3 Å². The molecule has 0 saturated heterocycles. The number of hydrogen-bond donors (Lipinski definition) is 1. The molecule has 2 aromatic rings. The minimum absolute atomic E-state index is 0.0320. The van der Waals surface area contributed by atoms with Crippen molar-refractivity contribution in [2.24, 2.45) is 0 Å². The maximum atomic E-state index is 12.1. The number of rotatable bonds is 9. The third-order valence-corrected chi connectivity index (χ3v) is 3.70. The summed E-state index contributed by atoms with van der Waals surface area (Å²) in [5, 5.41) is 2.92. The van der Waals surface area contributed by atoms with Crippen LogP contribution in [-0.2, 0) is 17.8 Å². The summed E-state index contributed by atoms with van der Waals surface area (Å²) in [4.78, 5) is 12.1. The summed E-state index contributed by atoms with van der Waals surface area (Å²) in [5.74, 6) is 2.14. The number of hydrogen-bond acceptors (Lipinski definition) is 4. The summed E-state index contributed by atoms with van der Waals surface area (Å²) in [5.41, 5.74) is 1.91. The largest absolute Gasteiger partial charge is 0.497 e. The first-order chi connectivity index (χ1) is 12.2. The molecule has 0 bridgehead atoms. The Balaban J connectivity index is 1.89. The van der Waals surface area contributed by atoms with Gasteiger partial charge in [0.15, 0.2) is 11.5 Å². The molecule has 0 aromatic heterocycles. The van der Waals surface area contributed by atoms with Gasteiger partial charge in [0.2, 0.25) is 5.91 Å². The minimum atomic E-state index is -0.0320. The van der Waals surface area contributed by atoms with Crippen LogP contribution in [0, 0.1) is 0 Å². The lowest BCUT2D eigenvalue weighted by Crippen LogP contribution is -2.24. The first kappa shape index (κ1) is 18.6. The molecular formula is C20H25NO4. The third-order valence-electron chi connectivity index (χ3n) is 3.70. The molecule has 5 nitrogen and oxygen atoms in total. The van der Waals surface area contributed by atoms with E-state index in [1.807, 2.05) is 42.5 Å². The van der Waals surface area contributed by atoms with E-state index >= 15 is 0 Å². The Morgan fingerprint density at radius 3 is 2.32 bits per heavy atom. The molecule has 0 radical (unpaired) electrons. The van der Waals surface area contributed by atoms with E-state index in [1.165, 1.54) is 0 Å². The topological polar surface area (TPSA) is 56.8 Å². The summed E-state index contributed by atoms with van der Waals surface area (Å²) < 4.78 is 16.1. The zero-order chi connectivity index (χ0) is 18.1. The monoisotopic (exact) mass is 343 g/mol. The Bertz CT molecular complexity index is 683. The first-order valence-corrected chi connectivity index (χ1v) is 8.35. The van der Waals surface area contributed by atoms with E-state index in [9.17, 15) is 4.79 Å². The van der Waals surface area contributed by atoms with Gasteiger partial charge in [0.05, 0.1) is 27.2 Å². The Morgan fingerprint density at radius 2 is 1.68 bits per heavy atom.